The third-order valence-corrected chi connectivity index (χ3v) is 2.49. The smallest absolute Gasteiger partial charge is 0.356 e. The first kappa shape index (κ1) is 10.0. The minimum Gasteiger partial charge on any atom is -0.476 e. The van der Waals surface area contributed by atoms with E-state index in [9.17, 15) is 4.79 Å². The molecule has 0 bridgehead atoms. The quantitative estimate of drug-likeness (QED) is 0.805. The lowest BCUT2D eigenvalue weighted by Gasteiger charge is -1.97. The molecular formula is C8H7BrN4O2. The van der Waals surface area contributed by atoms with Gasteiger partial charge in [-0.1, -0.05) is 6.92 Å². The summed E-state index contributed by atoms with van der Waals surface area (Å²) in [6.07, 6.45) is 0.638. The molecule has 0 aromatic carbocycles. The van der Waals surface area contributed by atoms with Gasteiger partial charge in [-0.15, -0.1) is 0 Å². The van der Waals surface area contributed by atoms with E-state index in [2.05, 4.69) is 36.1 Å². The highest BCUT2D eigenvalue weighted by molar-refractivity contribution is 9.10. The zero-order chi connectivity index (χ0) is 11.0. The molecule has 7 heteroatoms. The molecule has 0 saturated carbocycles. The molecule has 0 fully saturated rings. The van der Waals surface area contributed by atoms with Crippen LogP contribution in [0.5, 0.6) is 0 Å². The predicted octanol–water partition coefficient (Wildman–Crippen LogP) is 1.38. The standard InChI is InChI=1S/C8H7BrN4O2/c1-2-3-10-4-5(7(9)11-3)12-13-6(4)8(14)15/h2H2,1H3,(H,12,13)(H,14,15). The van der Waals surface area contributed by atoms with Crippen LogP contribution < -0.4 is 0 Å². The third kappa shape index (κ3) is 1.58. The lowest BCUT2D eigenvalue weighted by molar-refractivity contribution is 0.0692. The molecule has 0 aliphatic carbocycles. The highest BCUT2D eigenvalue weighted by Crippen LogP contribution is 2.21. The summed E-state index contributed by atoms with van der Waals surface area (Å²) in [5, 5.41) is 15.1. The van der Waals surface area contributed by atoms with Crippen molar-refractivity contribution in [1.29, 1.82) is 0 Å². The summed E-state index contributed by atoms with van der Waals surface area (Å²) in [5.41, 5.74) is 0.758. The number of rotatable bonds is 2. The van der Waals surface area contributed by atoms with Crippen LogP contribution in [0.25, 0.3) is 11.0 Å². The van der Waals surface area contributed by atoms with Crippen LogP contribution in [0.3, 0.4) is 0 Å². The van der Waals surface area contributed by atoms with Gasteiger partial charge in [-0.25, -0.2) is 14.8 Å². The molecule has 2 N–H and O–H groups in total. The number of aryl methyl sites for hydroxylation is 1. The molecule has 0 saturated heterocycles. The summed E-state index contributed by atoms with van der Waals surface area (Å²) in [7, 11) is 0. The Hall–Kier alpha value is -1.50. The first-order chi connectivity index (χ1) is 7.13. The minimum atomic E-state index is -1.08. The van der Waals surface area contributed by atoms with Crippen LogP contribution in [0.1, 0.15) is 23.2 Å². The van der Waals surface area contributed by atoms with Crippen LogP contribution in [0, 0.1) is 0 Å². The molecule has 0 radical (unpaired) electrons. The summed E-state index contributed by atoms with van der Waals surface area (Å²) in [6.45, 7) is 1.90. The molecule has 0 atom stereocenters. The van der Waals surface area contributed by atoms with E-state index in [4.69, 9.17) is 5.11 Å². The Morgan fingerprint density at radius 3 is 2.80 bits per heavy atom. The third-order valence-electron chi connectivity index (χ3n) is 1.93. The molecule has 0 amide bonds. The Kier molecular flexibility index (Phi) is 2.39. The van der Waals surface area contributed by atoms with Crippen LogP contribution in [-0.2, 0) is 6.42 Å². The lowest BCUT2D eigenvalue weighted by Crippen LogP contribution is -2.00. The number of aromatic nitrogens is 4. The molecule has 2 aromatic rings. The normalized spacial score (nSPS) is 10.8. The Morgan fingerprint density at radius 1 is 1.47 bits per heavy atom. The van der Waals surface area contributed by atoms with Gasteiger partial charge in [0, 0.05) is 6.42 Å². The number of carbonyl (C=O) groups is 1. The molecule has 0 aliphatic rings. The number of carboxylic acid groups (broad SMARTS) is 1. The second-order valence-corrected chi connectivity index (χ2v) is 3.64. The highest BCUT2D eigenvalue weighted by atomic mass is 79.9. The van der Waals surface area contributed by atoms with E-state index in [1.807, 2.05) is 6.92 Å². The van der Waals surface area contributed by atoms with Crippen molar-refractivity contribution in [3.8, 4) is 0 Å². The van der Waals surface area contributed by atoms with E-state index in [1.165, 1.54) is 0 Å². The molecule has 2 rings (SSSR count). The summed E-state index contributed by atoms with van der Waals surface area (Å²) in [5.74, 6) is -0.497. The number of nitrogens with zero attached hydrogens (tertiary/aromatic N) is 3. The summed E-state index contributed by atoms with van der Waals surface area (Å²) in [6, 6.07) is 0. The summed E-state index contributed by atoms with van der Waals surface area (Å²) < 4.78 is 0.508. The Balaban J connectivity index is 2.78. The van der Waals surface area contributed by atoms with Gasteiger partial charge < -0.3 is 5.11 Å². The number of hydrogen-bond acceptors (Lipinski definition) is 4. The van der Waals surface area contributed by atoms with E-state index in [-0.39, 0.29) is 5.69 Å². The van der Waals surface area contributed by atoms with E-state index in [0.717, 1.165) is 0 Å². The van der Waals surface area contributed by atoms with Gasteiger partial charge >= 0.3 is 5.97 Å². The van der Waals surface area contributed by atoms with Crippen molar-refractivity contribution in [1.82, 2.24) is 20.2 Å². The Morgan fingerprint density at radius 2 is 2.20 bits per heavy atom. The molecule has 2 aromatic heterocycles. The Labute approximate surface area is 92.9 Å². The fourth-order valence-electron chi connectivity index (χ4n) is 1.22. The van der Waals surface area contributed by atoms with Gasteiger partial charge in [0.2, 0.25) is 0 Å². The van der Waals surface area contributed by atoms with E-state index < -0.39 is 5.97 Å². The second-order valence-electron chi connectivity index (χ2n) is 2.89. The van der Waals surface area contributed by atoms with Crippen LogP contribution in [-0.4, -0.2) is 31.2 Å². The minimum absolute atomic E-state index is 0.0113. The summed E-state index contributed by atoms with van der Waals surface area (Å²) in [4.78, 5) is 19.1. The van der Waals surface area contributed by atoms with Crippen molar-refractivity contribution < 1.29 is 9.90 Å². The maximum atomic E-state index is 10.8. The van der Waals surface area contributed by atoms with Crippen LogP contribution in [0.4, 0.5) is 0 Å². The SMILES string of the molecule is CCc1nc(Br)c2n[nH]c(C(=O)O)c2n1. The van der Waals surface area contributed by atoms with Crippen molar-refractivity contribution in [2.24, 2.45) is 0 Å². The zero-order valence-corrected chi connectivity index (χ0v) is 9.37. The van der Waals surface area contributed by atoms with Crippen molar-refractivity contribution in [2.45, 2.75) is 13.3 Å². The number of halogens is 1. The van der Waals surface area contributed by atoms with Crippen LogP contribution in [0.15, 0.2) is 4.60 Å². The average molecular weight is 271 g/mol. The first-order valence-corrected chi connectivity index (χ1v) is 5.06. The van der Waals surface area contributed by atoms with E-state index >= 15 is 0 Å². The number of carboxylic acids is 1. The van der Waals surface area contributed by atoms with E-state index in [1.54, 1.807) is 0 Å². The largest absolute Gasteiger partial charge is 0.476 e. The number of H-pyrrole nitrogens is 1. The molecular weight excluding hydrogens is 264 g/mol. The van der Waals surface area contributed by atoms with Gasteiger partial charge in [0.15, 0.2) is 5.69 Å². The number of fused-ring (bicyclic) bond motifs is 1. The average Bonchev–Trinajstić information content (AvgIpc) is 2.61. The van der Waals surface area contributed by atoms with Crippen molar-refractivity contribution in [3.63, 3.8) is 0 Å². The second kappa shape index (κ2) is 3.58. The number of aromatic carboxylic acids is 1. The topological polar surface area (TPSA) is 91.8 Å². The lowest BCUT2D eigenvalue weighted by atomic mass is 10.3. The highest BCUT2D eigenvalue weighted by Gasteiger charge is 2.16. The predicted molar refractivity (Wildman–Crippen MR) is 55.7 cm³/mol. The van der Waals surface area contributed by atoms with Crippen LogP contribution >= 0.6 is 15.9 Å². The maximum absolute atomic E-state index is 10.8. The molecule has 0 spiro atoms. The fraction of sp³-hybridized carbons (Fsp3) is 0.250. The molecule has 0 aliphatic heterocycles. The van der Waals surface area contributed by atoms with Gasteiger partial charge in [0.1, 0.15) is 21.5 Å². The number of nitrogens with one attached hydrogen (secondary N) is 1. The van der Waals surface area contributed by atoms with E-state index in [0.29, 0.717) is 27.9 Å². The summed E-state index contributed by atoms with van der Waals surface area (Å²) >= 11 is 3.22. The van der Waals surface area contributed by atoms with Crippen molar-refractivity contribution in [3.05, 3.63) is 16.1 Å². The van der Waals surface area contributed by atoms with Crippen molar-refractivity contribution >= 4 is 32.9 Å². The fourth-order valence-corrected chi connectivity index (χ4v) is 1.70. The maximum Gasteiger partial charge on any atom is 0.356 e. The van der Waals surface area contributed by atoms with Gasteiger partial charge in [-0.3, -0.25) is 5.10 Å². The van der Waals surface area contributed by atoms with Gasteiger partial charge in [-0.2, -0.15) is 5.10 Å². The van der Waals surface area contributed by atoms with Crippen molar-refractivity contribution in [2.75, 3.05) is 0 Å². The zero-order valence-electron chi connectivity index (χ0n) is 7.78. The van der Waals surface area contributed by atoms with Gasteiger partial charge in [0.05, 0.1) is 0 Å². The molecule has 78 valence electrons. The Bertz CT molecular complexity index is 537. The first-order valence-electron chi connectivity index (χ1n) is 4.27. The number of hydrogen-bond donors (Lipinski definition) is 2. The van der Waals surface area contributed by atoms with Crippen LogP contribution in [0.2, 0.25) is 0 Å². The molecule has 15 heavy (non-hydrogen) atoms. The molecule has 0 unspecified atom stereocenters. The molecule has 2 heterocycles. The molecule has 6 nitrogen and oxygen atoms in total. The monoisotopic (exact) mass is 270 g/mol. The van der Waals surface area contributed by atoms with Gasteiger partial charge in [0.25, 0.3) is 0 Å². The number of aromatic amines is 1. The van der Waals surface area contributed by atoms with Gasteiger partial charge in [-0.05, 0) is 15.9 Å².